The van der Waals surface area contributed by atoms with E-state index in [-0.39, 0.29) is 0 Å². The maximum absolute atomic E-state index is 12.4. The summed E-state index contributed by atoms with van der Waals surface area (Å²) in [5.41, 5.74) is -3.27. The lowest BCUT2D eigenvalue weighted by atomic mass is 10.1. The number of hydrogen-bond acceptors (Lipinski definition) is 2. The molecule has 1 aromatic rings. The first-order chi connectivity index (χ1) is 7.71. The van der Waals surface area contributed by atoms with E-state index in [1.807, 2.05) is 0 Å². The molecule has 0 bridgehead atoms. The van der Waals surface area contributed by atoms with Crippen LogP contribution in [0.5, 0.6) is 0 Å². The first kappa shape index (κ1) is 13.3. The Labute approximate surface area is 91.9 Å². The quantitative estimate of drug-likeness (QED) is 0.845. The highest BCUT2D eigenvalue weighted by atomic mass is 19.4. The molecule has 0 fully saturated rings. The van der Waals surface area contributed by atoms with Crippen molar-refractivity contribution in [2.75, 3.05) is 0 Å². The minimum absolute atomic E-state index is 0.644. The van der Waals surface area contributed by atoms with Gasteiger partial charge in [-0.3, -0.25) is 4.79 Å². The molecule has 0 radical (unpaired) electrons. The molecule has 1 rings (SSSR count). The summed E-state index contributed by atoms with van der Waals surface area (Å²) in [6.45, 7) is 0. The van der Waals surface area contributed by atoms with Gasteiger partial charge in [0.2, 0.25) is 0 Å². The Hall–Kier alpha value is -1.73. The number of pyridine rings is 1. The fourth-order valence-corrected chi connectivity index (χ4v) is 1.18. The van der Waals surface area contributed by atoms with E-state index < -0.39 is 41.9 Å². The van der Waals surface area contributed by atoms with Crippen molar-refractivity contribution in [1.82, 2.24) is 4.98 Å². The zero-order chi connectivity index (χ0) is 13.2. The van der Waals surface area contributed by atoms with Crippen molar-refractivity contribution >= 4 is 5.97 Å². The molecule has 3 nitrogen and oxygen atoms in total. The highest BCUT2D eigenvalue weighted by Gasteiger charge is 2.36. The van der Waals surface area contributed by atoms with Crippen molar-refractivity contribution in [3.63, 3.8) is 0 Å². The molecular weight excluding hydrogens is 249 g/mol. The van der Waals surface area contributed by atoms with Crippen molar-refractivity contribution in [2.45, 2.75) is 19.0 Å². The third-order valence-electron chi connectivity index (χ3n) is 1.83. The Morgan fingerprint density at radius 1 is 1.35 bits per heavy atom. The zero-order valence-electron chi connectivity index (χ0n) is 8.13. The first-order valence-electron chi connectivity index (χ1n) is 4.28. The van der Waals surface area contributed by atoms with Crippen molar-refractivity contribution in [1.29, 1.82) is 0 Å². The molecule has 0 atom stereocenters. The predicted octanol–water partition coefficient (Wildman–Crippen LogP) is 2.67. The SMILES string of the molecule is O=C(O)Cc1ccc(C(F)F)nc1C(F)(F)F. The van der Waals surface area contributed by atoms with Crippen molar-refractivity contribution in [3.05, 3.63) is 29.1 Å². The summed E-state index contributed by atoms with van der Waals surface area (Å²) < 4.78 is 61.7. The van der Waals surface area contributed by atoms with Crippen LogP contribution in [0.1, 0.15) is 23.4 Å². The van der Waals surface area contributed by atoms with Gasteiger partial charge < -0.3 is 5.11 Å². The molecule has 94 valence electrons. The second-order valence-corrected chi connectivity index (χ2v) is 3.11. The highest BCUT2D eigenvalue weighted by Crippen LogP contribution is 2.32. The molecule has 0 amide bonds. The second kappa shape index (κ2) is 4.64. The zero-order valence-corrected chi connectivity index (χ0v) is 8.13. The summed E-state index contributed by atoms with van der Waals surface area (Å²) >= 11 is 0. The van der Waals surface area contributed by atoms with Crippen LogP contribution < -0.4 is 0 Å². The maximum Gasteiger partial charge on any atom is 0.433 e. The van der Waals surface area contributed by atoms with Crippen LogP contribution in [0.4, 0.5) is 22.0 Å². The average Bonchev–Trinajstić information content (AvgIpc) is 2.15. The lowest BCUT2D eigenvalue weighted by molar-refractivity contribution is -0.142. The number of nitrogens with zero attached hydrogens (tertiary/aromatic N) is 1. The van der Waals surface area contributed by atoms with E-state index >= 15 is 0 Å². The van der Waals surface area contributed by atoms with Crippen LogP contribution in [0.2, 0.25) is 0 Å². The van der Waals surface area contributed by atoms with Gasteiger partial charge in [0.1, 0.15) is 11.4 Å². The predicted molar refractivity (Wildman–Crippen MR) is 45.5 cm³/mol. The van der Waals surface area contributed by atoms with E-state index in [4.69, 9.17) is 5.11 Å². The van der Waals surface area contributed by atoms with Gasteiger partial charge in [-0.15, -0.1) is 0 Å². The molecule has 0 saturated heterocycles. The summed E-state index contributed by atoms with van der Waals surface area (Å²) in [6.07, 6.45) is -9.03. The number of aromatic nitrogens is 1. The fraction of sp³-hybridized carbons (Fsp3) is 0.333. The normalized spacial score (nSPS) is 11.9. The third kappa shape index (κ3) is 3.36. The molecular formula is C9H6F5NO2. The fourth-order valence-electron chi connectivity index (χ4n) is 1.18. The number of aliphatic carboxylic acids is 1. The van der Waals surface area contributed by atoms with E-state index in [1.165, 1.54) is 0 Å². The molecule has 8 heteroatoms. The van der Waals surface area contributed by atoms with Gasteiger partial charge in [-0.1, -0.05) is 6.07 Å². The molecule has 0 spiro atoms. The van der Waals surface area contributed by atoms with E-state index in [2.05, 4.69) is 4.98 Å². The van der Waals surface area contributed by atoms with Crippen LogP contribution in [0.15, 0.2) is 12.1 Å². The minimum Gasteiger partial charge on any atom is -0.481 e. The smallest absolute Gasteiger partial charge is 0.433 e. The first-order valence-corrected chi connectivity index (χ1v) is 4.28. The Balaban J connectivity index is 3.27. The molecule has 0 saturated carbocycles. The number of hydrogen-bond donors (Lipinski definition) is 1. The summed E-state index contributed by atoms with van der Waals surface area (Å²) in [5.74, 6) is -1.50. The van der Waals surface area contributed by atoms with Gasteiger partial charge in [0.05, 0.1) is 6.42 Å². The van der Waals surface area contributed by atoms with Crippen LogP contribution in [-0.2, 0) is 17.4 Å². The molecule has 0 aliphatic heterocycles. The Bertz CT molecular complexity index is 430. The molecule has 0 aliphatic rings. The molecule has 0 aromatic carbocycles. The van der Waals surface area contributed by atoms with Crippen LogP contribution in [0, 0.1) is 0 Å². The van der Waals surface area contributed by atoms with Crippen LogP contribution in [0.25, 0.3) is 0 Å². The van der Waals surface area contributed by atoms with Crippen LogP contribution in [0.3, 0.4) is 0 Å². The highest BCUT2D eigenvalue weighted by molar-refractivity contribution is 5.70. The molecule has 17 heavy (non-hydrogen) atoms. The summed E-state index contributed by atoms with van der Waals surface area (Å²) in [4.78, 5) is 13.1. The number of alkyl halides is 5. The number of carbonyl (C=O) groups is 1. The van der Waals surface area contributed by atoms with E-state index in [0.29, 0.717) is 12.1 Å². The molecule has 1 aromatic heterocycles. The maximum atomic E-state index is 12.4. The van der Waals surface area contributed by atoms with Crippen LogP contribution >= 0.6 is 0 Å². The standard InChI is InChI=1S/C9H6F5NO2/c10-8(11)5-2-1-4(3-6(16)17)7(15-5)9(12,13)14/h1-2,8H,3H2,(H,16,17). The van der Waals surface area contributed by atoms with E-state index in [0.717, 1.165) is 0 Å². The van der Waals surface area contributed by atoms with Gasteiger partial charge in [-0.05, 0) is 11.6 Å². The third-order valence-corrected chi connectivity index (χ3v) is 1.83. The van der Waals surface area contributed by atoms with Crippen LogP contribution in [-0.4, -0.2) is 16.1 Å². The Morgan fingerprint density at radius 3 is 2.35 bits per heavy atom. The van der Waals surface area contributed by atoms with E-state index in [9.17, 15) is 26.7 Å². The average molecular weight is 255 g/mol. The van der Waals surface area contributed by atoms with Gasteiger partial charge in [0.15, 0.2) is 0 Å². The lowest BCUT2D eigenvalue weighted by Crippen LogP contribution is -2.15. The summed E-state index contributed by atoms with van der Waals surface area (Å²) in [7, 11) is 0. The largest absolute Gasteiger partial charge is 0.481 e. The molecule has 0 aliphatic carbocycles. The lowest BCUT2D eigenvalue weighted by Gasteiger charge is -2.11. The second-order valence-electron chi connectivity index (χ2n) is 3.11. The van der Waals surface area contributed by atoms with Crippen molar-refractivity contribution in [3.8, 4) is 0 Å². The molecule has 0 unspecified atom stereocenters. The number of rotatable bonds is 3. The number of carboxylic acid groups (broad SMARTS) is 1. The van der Waals surface area contributed by atoms with Crippen molar-refractivity contribution < 1.29 is 31.9 Å². The van der Waals surface area contributed by atoms with Crippen molar-refractivity contribution in [2.24, 2.45) is 0 Å². The topological polar surface area (TPSA) is 50.2 Å². The van der Waals surface area contributed by atoms with Gasteiger partial charge in [0, 0.05) is 0 Å². The minimum atomic E-state index is -4.96. The van der Waals surface area contributed by atoms with Gasteiger partial charge >= 0.3 is 12.1 Å². The number of carboxylic acids is 1. The molecule has 1 N–H and O–H groups in total. The summed E-state index contributed by atoms with van der Waals surface area (Å²) in [5, 5.41) is 8.39. The van der Waals surface area contributed by atoms with Gasteiger partial charge in [0.25, 0.3) is 6.43 Å². The Morgan fingerprint density at radius 2 is 1.94 bits per heavy atom. The molecule has 1 heterocycles. The monoisotopic (exact) mass is 255 g/mol. The van der Waals surface area contributed by atoms with E-state index in [1.54, 1.807) is 0 Å². The number of halogens is 5. The van der Waals surface area contributed by atoms with Gasteiger partial charge in [-0.2, -0.15) is 13.2 Å². The summed E-state index contributed by atoms with van der Waals surface area (Å²) in [6, 6.07) is 1.38. The Kier molecular flexibility index (Phi) is 3.64. The van der Waals surface area contributed by atoms with Gasteiger partial charge in [-0.25, -0.2) is 13.8 Å².